The van der Waals surface area contributed by atoms with Gasteiger partial charge in [0.2, 0.25) is 20.0 Å². The number of rotatable bonds is 8. The number of nitrogen functional groups attached to an aromatic ring is 1. The first-order valence-electron chi connectivity index (χ1n) is 7.67. The van der Waals surface area contributed by atoms with Gasteiger partial charge in [0.25, 0.3) is 0 Å². The van der Waals surface area contributed by atoms with Gasteiger partial charge in [-0.2, -0.15) is 8.61 Å². The lowest BCUT2D eigenvalue weighted by Crippen LogP contribution is -2.33. The van der Waals surface area contributed by atoms with Gasteiger partial charge in [-0.1, -0.05) is 27.7 Å². The number of nitrogens with two attached hydrogens (primary N) is 1. The molecular formula is C14H24BrN3O4S2. The molecule has 24 heavy (non-hydrogen) atoms. The molecule has 0 aliphatic heterocycles. The van der Waals surface area contributed by atoms with Crippen molar-refractivity contribution in [2.24, 2.45) is 0 Å². The fourth-order valence-electron chi connectivity index (χ4n) is 2.35. The second-order valence-electron chi connectivity index (χ2n) is 5.00. The lowest BCUT2D eigenvalue weighted by atomic mass is 10.3. The number of halogens is 1. The summed E-state index contributed by atoms with van der Waals surface area (Å²) >= 11 is 3.18. The standard InChI is InChI=1S/C14H24BrN3O4S2/c1-5-17(6-2)23(19,20)11-9-12(15)14(16)13(10-11)24(21,22)18(7-3)8-4/h9-10H,5-8,16H2,1-4H3. The Morgan fingerprint density at radius 3 is 1.71 bits per heavy atom. The average molecular weight is 442 g/mol. The van der Waals surface area contributed by atoms with Crippen LogP contribution in [0.3, 0.4) is 0 Å². The predicted octanol–water partition coefficient (Wildman–Crippen LogP) is 2.09. The maximum atomic E-state index is 12.8. The molecule has 0 saturated heterocycles. The smallest absolute Gasteiger partial charge is 0.245 e. The second kappa shape index (κ2) is 8.13. The Balaban J connectivity index is 3.66. The Labute approximate surface area is 153 Å². The highest BCUT2D eigenvalue weighted by Crippen LogP contribution is 2.33. The van der Waals surface area contributed by atoms with E-state index < -0.39 is 20.0 Å². The molecule has 0 aliphatic rings. The zero-order valence-electron chi connectivity index (χ0n) is 14.3. The molecule has 0 radical (unpaired) electrons. The SMILES string of the molecule is CCN(CC)S(=O)(=O)c1cc(Br)c(N)c(S(=O)(=O)N(CC)CC)c1. The summed E-state index contributed by atoms with van der Waals surface area (Å²) in [5, 5.41) is 0. The van der Waals surface area contributed by atoms with Gasteiger partial charge >= 0.3 is 0 Å². The Morgan fingerprint density at radius 1 is 0.875 bits per heavy atom. The molecule has 0 saturated carbocycles. The number of hydrogen-bond donors (Lipinski definition) is 1. The molecule has 0 spiro atoms. The van der Waals surface area contributed by atoms with Gasteiger partial charge in [0.1, 0.15) is 4.90 Å². The summed E-state index contributed by atoms with van der Waals surface area (Å²) in [6, 6.07) is 2.48. The van der Waals surface area contributed by atoms with E-state index in [2.05, 4.69) is 15.9 Å². The third kappa shape index (κ3) is 3.93. The highest BCUT2D eigenvalue weighted by atomic mass is 79.9. The van der Waals surface area contributed by atoms with Crippen LogP contribution < -0.4 is 5.73 Å². The molecule has 0 bridgehead atoms. The lowest BCUT2D eigenvalue weighted by molar-refractivity contribution is 0.443. The van der Waals surface area contributed by atoms with Crippen LogP contribution in [0, 0.1) is 0 Å². The van der Waals surface area contributed by atoms with Crippen LogP contribution in [0.2, 0.25) is 0 Å². The van der Waals surface area contributed by atoms with E-state index in [0.717, 1.165) is 6.07 Å². The van der Waals surface area contributed by atoms with Crippen molar-refractivity contribution in [1.82, 2.24) is 8.61 Å². The van der Waals surface area contributed by atoms with Crippen LogP contribution >= 0.6 is 15.9 Å². The van der Waals surface area contributed by atoms with Crippen LogP contribution in [0.25, 0.3) is 0 Å². The van der Waals surface area contributed by atoms with Crippen molar-refractivity contribution in [3.63, 3.8) is 0 Å². The van der Waals surface area contributed by atoms with Gasteiger partial charge < -0.3 is 5.73 Å². The van der Waals surface area contributed by atoms with Gasteiger partial charge in [-0.25, -0.2) is 16.8 Å². The highest BCUT2D eigenvalue weighted by Gasteiger charge is 2.30. The van der Waals surface area contributed by atoms with E-state index >= 15 is 0 Å². The average Bonchev–Trinajstić information content (AvgIpc) is 2.51. The van der Waals surface area contributed by atoms with Crippen LogP contribution in [-0.2, 0) is 20.0 Å². The molecule has 1 rings (SSSR count). The van der Waals surface area contributed by atoms with Gasteiger partial charge in [0.05, 0.1) is 10.6 Å². The van der Waals surface area contributed by atoms with E-state index in [9.17, 15) is 16.8 Å². The molecule has 0 atom stereocenters. The minimum Gasteiger partial charge on any atom is -0.397 e. The fraction of sp³-hybridized carbons (Fsp3) is 0.571. The van der Waals surface area contributed by atoms with Crippen molar-refractivity contribution in [2.45, 2.75) is 37.5 Å². The van der Waals surface area contributed by atoms with Crippen LogP contribution in [-0.4, -0.2) is 51.6 Å². The van der Waals surface area contributed by atoms with Crippen LogP contribution in [0.5, 0.6) is 0 Å². The summed E-state index contributed by atoms with van der Waals surface area (Å²) < 4.78 is 53.7. The maximum absolute atomic E-state index is 12.8. The fourth-order valence-corrected chi connectivity index (χ4v) is 6.30. The van der Waals surface area contributed by atoms with E-state index in [1.54, 1.807) is 27.7 Å². The Kier molecular flexibility index (Phi) is 7.24. The number of nitrogens with zero attached hydrogens (tertiary/aromatic N) is 2. The van der Waals surface area contributed by atoms with E-state index in [1.165, 1.54) is 14.7 Å². The minimum absolute atomic E-state index is 0.000368. The van der Waals surface area contributed by atoms with E-state index in [0.29, 0.717) is 13.1 Å². The first-order chi connectivity index (χ1) is 11.1. The molecule has 0 aliphatic carbocycles. The van der Waals surface area contributed by atoms with Gasteiger partial charge in [-0.15, -0.1) is 0 Å². The van der Waals surface area contributed by atoms with E-state index in [-0.39, 0.29) is 33.0 Å². The molecule has 1 aromatic carbocycles. The molecule has 0 aromatic heterocycles. The summed E-state index contributed by atoms with van der Waals surface area (Å²) in [5.41, 5.74) is 5.91. The summed E-state index contributed by atoms with van der Waals surface area (Å²) in [6.07, 6.45) is 0. The van der Waals surface area contributed by atoms with Crippen molar-refractivity contribution in [3.05, 3.63) is 16.6 Å². The Morgan fingerprint density at radius 2 is 1.29 bits per heavy atom. The first-order valence-corrected chi connectivity index (χ1v) is 11.3. The number of sulfonamides is 2. The zero-order valence-corrected chi connectivity index (χ0v) is 17.5. The molecule has 1 aromatic rings. The first kappa shape index (κ1) is 21.4. The van der Waals surface area contributed by atoms with Crippen molar-refractivity contribution in [1.29, 1.82) is 0 Å². The lowest BCUT2D eigenvalue weighted by Gasteiger charge is -2.22. The van der Waals surface area contributed by atoms with Crippen molar-refractivity contribution in [2.75, 3.05) is 31.9 Å². The monoisotopic (exact) mass is 441 g/mol. The third-order valence-corrected chi connectivity index (χ3v) is 8.51. The van der Waals surface area contributed by atoms with Gasteiger partial charge in [0, 0.05) is 30.7 Å². The summed E-state index contributed by atoms with van der Waals surface area (Å²) in [4.78, 5) is -0.302. The maximum Gasteiger partial charge on any atom is 0.245 e. The molecule has 0 unspecified atom stereocenters. The normalized spacial score (nSPS) is 13.0. The summed E-state index contributed by atoms with van der Waals surface area (Å²) in [7, 11) is -7.68. The van der Waals surface area contributed by atoms with Gasteiger partial charge in [0.15, 0.2) is 0 Å². The van der Waals surface area contributed by atoms with Crippen molar-refractivity contribution in [3.8, 4) is 0 Å². The molecule has 0 amide bonds. The Bertz CT molecular complexity index is 786. The van der Waals surface area contributed by atoms with Crippen LogP contribution in [0.4, 0.5) is 5.69 Å². The van der Waals surface area contributed by atoms with Crippen molar-refractivity contribution >= 4 is 41.7 Å². The molecular weight excluding hydrogens is 418 g/mol. The second-order valence-corrected chi connectivity index (χ2v) is 9.69. The third-order valence-electron chi connectivity index (χ3n) is 3.73. The number of anilines is 1. The predicted molar refractivity (Wildman–Crippen MR) is 98.8 cm³/mol. The molecule has 0 heterocycles. The molecule has 7 nitrogen and oxygen atoms in total. The molecule has 10 heteroatoms. The quantitative estimate of drug-likeness (QED) is 0.622. The number of hydrogen-bond acceptors (Lipinski definition) is 5. The highest BCUT2D eigenvalue weighted by molar-refractivity contribution is 9.10. The Hall–Kier alpha value is -0.680. The summed E-state index contributed by atoms with van der Waals surface area (Å²) in [6.45, 7) is 7.98. The van der Waals surface area contributed by atoms with Crippen LogP contribution in [0.15, 0.2) is 26.4 Å². The molecule has 138 valence electrons. The van der Waals surface area contributed by atoms with E-state index in [4.69, 9.17) is 5.73 Å². The molecule has 0 fully saturated rings. The van der Waals surface area contributed by atoms with E-state index in [1.807, 2.05) is 0 Å². The topological polar surface area (TPSA) is 101 Å². The largest absolute Gasteiger partial charge is 0.397 e. The van der Waals surface area contributed by atoms with Gasteiger partial charge in [-0.3, -0.25) is 0 Å². The zero-order chi connectivity index (χ0) is 18.7. The molecule has 2 N–H and O–H groups in total. The minimum atomic E-state index is -3.88. The van der Waals surface area contributed by atoms with Crippen LogP contribution in [0.1, 0.15) is 27.7 Å². The van der Waals surface area contributed by atoms with Crippen molar-refractivity contribution < 1.29 is 16.8 Å². The summed E-state index contributed by atoms with van der Waals surface area (Å²) in [5.74, 6) is 0. The van der Waals surface area contributed by atoms with Gasteiger partial charge in [-0.05, 0) is 28.1 Å². The number of benzene rings is 1.